The molecule has 0 bridgehead atoms. The van der Waals surface area contributed by atoms with E-state index < -0.39 is 0 Å². The van der Waals surface area contributed by atoms with Gasteiger partial charge in [0.2, 0.25) is 0 Å². The normalized spacial score (nSPS) is 25.1. The van der Waals surface area contributed by atoms with E-state index in [9.17, 15) is 0 Å². The van der Waals surface area contributed by atoms with Crippen molar-refractivity contribution < 1.29 is 0 Å². The number of nitrogens with zero attached hydrogens (tertiary/aromatic N) is 2. The van der Waals surface area contributed by atoms with Crippen LogP contribution < -0.4 is 10.6 Å². The van der Waals surface area contributed by atoms with E-state index in [4.69, 9.17) is 5.73 Å². The zero-order valence-corrected chi connectivity index (χ0v) is 12.5. The summed E-state index contributed by atoms with van der Waals surface area (Å²) in [6.45, 7) is 4.33. The maximum Gasteiger partial charge on any atom is 0.128 e. The van der Waals surface area contributed by atoms with Gasteiger partial charge in [0, 0.05) is 25.3 Å². The van der Waals surface area contributed by atoms with Gasteiger partial charge in [0.05, 0.1) is 0 Å². The van der Waals surface area contributed by atoms with Crippen LogP contribution >= 0.6 is 0 Å². The third-order valence-electron chi connectivity index (χ3n) is 4.60. The van der Waals surface area contributed by atoms with Crippen molar-refractivity contribution in [2.75, 3.05) is 11.9 Å². The van der Waals surface area contributed by atoms with Crippen LogP contribution in [0.25, 0.3) is 0 Å². The first-order chi connectivity index (χ1) is 9.11. The van der Waals surface area contributed by atoms with Gasteiger partial charge in [0.1, 0.15) is 5.82 Å². The molecule has 1 saturated carbocycles. The minimum Gasteiger partial charge on any atom is -0.357 e. The Hall–Kier alpha value is -1.09. The van der Waals surface area contributed by atoms with Gasteiger partial charge < -0.3 is 10.6 Å². The van der Waals surface area contributed by atoms with Crippen LogP contribution in [0.15, 0.2) is 18.3 Å². The van der Waals surface area contributed by atoms with Gasteiger partial charge in [-0.05, 0) is 56.2 Å². The Morgan fingerprint density at radius 1 is 1.37 bits per heavy atom. The number of pyridine rings is 1. The lowest BCUT2D eigenvalue weighted by molar-refractivity contribution is 0.313. The summed E-state index contributed by atoms with van der Waals surface area (Å²) in [6.07, 6.45) is 8.51. The second-order valence-electron chi connectivity index (χ2n) is 5.93. The van der Waals surface area contributed by atoms with Gasteiger partial charge in [-0.25, -0.2) is 4.98 Å². The monoisotopic (exact) mass is 261 g/mol. The Labute approximate surface area is 117 Å². The summed E-state index contributed by atoms with van der Waals surface area (Å²) < 4.78 is 0. The lowest BCUT2D eigenvalue weighted by atomic mass is 9.84. The molecule has 0 aromatic carbocycles. The zero-order valence-electron chi connectivity index (χ0n) is 12.5. The SMILES string of the molecule is CCC1CCC(N(C)c2cc([C@@H](C)N)ccn2)CC1. The fourth-order valence-electron chi connectivity index (χ4n) is 3.04. The highest BCUT2D eigenvalue weighted by Crippen LogP contribution is 2.30. The molecule has 1 heterocycles. The number of rotatable bonds is 4. The summed E-state index contributed by atoms with van der Waals surface area (Å²) in [6, 6.07) is 4.86. The van der Waals surface area contributed by atoms with E-state index in [1.165, 1.54) is 37.7 Å². The Balaban J connectivity index is 2.03. The van der Waals surface area contributed by atoms with Gasteiger partial charge in [0.25, 0.3) is 0 Å². The van der Waals surface area contributed by atoms with E-state index in [0.29, 0.717) is 6.04 Å². The Morgan fingerprint density at radius 2 is 2.05 bits per heavy atom. The van der Waals surface area contributed by atoms with Crippen molar-refractivity contribution in [3.8, 4) is 0 Å². The quantitative estimate of drug-likeness (QED) is 0.902. The Bertz CT molecular complexity index is 395. The van der Waals surface area contributed by atoms with Crippen molar-refractivity contribution in [3.63, 3.8) is 0 Å². The van der Waals surface area contributed by atoms with Crippen molar-refractivity contribution in [1.29, 1.82) is 0 Å². The van der Waals surface area contributed by atoms with Crippen molar-refractivity contribution >= 4 is 5.82 Å². The third-order valence-corrected chi connectivity index (χ3v) is 4.60. The van der Waals surface area contributed by atoms with Crippen LogP contribution in [0.2, 0.25) is 0 Å². The van der Waals surface area contributed by atoms with E-state index in [1.807, 2.05) is 19.2 Å². The van der Waals surface area contributed by atoms with Gasteiger partial charge >= 0.3 is 0 Å². The molecule has 0 amide bonds. The molecule has 106 valence electrons. The van der Waals surface area contributed by atoms with Crippen LogP contribution in [-0.2, 0) is 0 Å². The molecule has 0 radical (unpaired) electrons. The second-order valence-corrected chi connectivity index (χ2v) is 5.93. The molecule has 3 heteroatoms. The van der Waals surface area contributed by atoms with Crippen molar-refractivity contribution in [1.82, 2.24) is 4.98 Å². The molecule has 1 aromatic heterocycles. The van der Waals surface area contributed by atoms with E-state index >= 15 is 0 Å². The molecule has 19 heavy (non-hydrogen) atoms. The van der Waals surface area contributed by atoms with Gasteiger partial charge in [-0.3, -0.25) is 0 Å². The smallest absolute Gasteiger partial charge is 0.128 e. The molecule has 3 nitrogen and oxygen atoms in total. The molecule has 0 spiro atoms. The van der Waals surface area contributed by atoms with Gasteiger partial charge in [0.15, 0.2) is 0 Å². The average Bonchev–Trinajstić information content (AvgIpc) is 2.46. The molecule has 1 atom stereocenters. The summed E-state index contributed by atoms with van der Waals surface area (Å²) in [7, 11) is 2.17. The highest BCUT2D eigenvalue weighted by molar-refractivity contribution is 5.42. The lowest BCUT2D eigenvalue weighted by Crippen LogP contribution is -2.35. The minimum absolute atomic E-state index is 0.0750. The summed E-state index contributed by atoms with van der Waals surface area (Å²) in [5.74, 6) is 2.00. The molecule has 0 unspecified atom stereocenters. The summed E-state index contributed by atoms with van der Waals surface area (Å²) in [5, 5.41) is 0. The molecular formula is C16H27N3. The van der Waals surface area contributed by atoms with E-state index in [2.05, 4.69) is 29.9 Å². The van der Waals surface area contributed by atoms with Crippen LogP contribution in [0.4, 0.5) is 5.82 Å². The molecule has 0 aliphatic heterocycles. The van der Waals surface area contributed by atoms with E-state index in [0.717, 1.165) is 11.7 Å². The Kier molecular flexibility index (Phi) is 4.81. The molecule has 1 fully saturated rings. The molecule has 0 saturated heterocycles. The predicted molar refractivity (Wildman–Crippen MR) is 81.3 cm³/mol. The van der Waals surface area contributed by atoms with Crippen LogP contribution in [-0.4, -0.2) is 18.1 Å². The largest absolute Gasteiger partial charge is 0.357 e. The summed E-state index contributed by atoms with van der Waals surface area (Å²) >= 11 is 0. The molecule has 2 N–H and O–H groups in total. The highest BCUT2D eigenvalue weighted by Gasteiger charge is 2.23. The average molecular weight is 261 g/mol. The summed E-state index contributed by atoms with van der Waals surface area (Å²) in [5.41, 5.74) is 7.12. The molecular weight excluding hydrogens is 234 g/mol. The topological polar surface area (TPSA) is 42.1 Å². The second kappa shape index (κ2) is 6.38. The third kappa shape index (κ3) is 3.47. The van der Waals surface area contributed by atoms with Crippen LogP contribution in [0.1, 0.15) is 57.6 Å². The zero-order chi connectivity index (χ0) is 13.8. The van der Waals surface area contributed by atoms with Gasteiger partial charge in [-0.1, -0.05) is 13.3 Å². The lowest BCUT2D eigenvalue weighted by Gasteiger charge is -2.35. The first kappa shape index (κ1) is 14.3. The van der Waals surface area contributed by atoms with Crippen LogP contribution in [0.5, 0.6) is 0 Å². The number of aromatic nitrogens is 1. The number of hydrogen-bond acceptors (Lipinski definition) is 3. The van der Waals surface area contributed by atoms with E-state index in [1.54, 1.807) is 0 Å². The van der Waals surface area contributed by atoms with E-state index in [-0.39, 0.29) is 6.04 Å². The van der Waals surface area contributed by atoms with Crippen LogP contribution in [0, 0.1) is 5.92 Å². The van der Waals surface area contributed by atoms with Crippen molar-refractivity contribution in [2.24, 2.45) is 11.7 Å². The summed E-state index contributed by atoms with van der Waals surface area (Å²) in [4.78, 5) is 6.85. The maximum atomic E-state index is 5.95. The first-order valence-corrected chi connectivity index (χ1v) is 7.56. The molecule has 2 rings (SSSR count). The van der Waals surface area contributed by atoms with Crippen molar-refractivity contribution in [3.05, 3.63) is 23.9 Å². The number of anilines is 1. The van der Waals surface area contributed by atoms with Gasteiger partial charge in [-0.15, -0.1) is 0 Å². The first-order valence-electron chi connectivity index (χ1n) is 7.56. The van der Waals surface area contributed by atoms with Crippen molar-refractivity contribution in [2.45, 2.75) is 58.0 Å². The predicted octanol–water partition coefficient (Wildman–Crippen LogP) is 3.51. The Morgan fingerprint density at radius 3 is 2.63 bits per heavy atom. The fraction of sp³-hybridized carbons (Fsp3) is 0.688. The standard InChI is InChI=1S/C16H27N3/c1-4-13-5-7-15(8-6-13)19(3)16-11-14(12(2)17)9-10-18-16/h9-13,15H,4-8,17H2,1-3H3/t12-,13?,15?/m1/s1. The van der Waals surface area contributed by atoms with Gasteiger partial charge in [-0.2, -0.15) is 0 Å². The highest BCUT2D eigenvalue weighted by atomic mass is 15.2. The number of hydrogen-bond donors (Lipinski definition) is 1. The van der Waals surface area contributed by atoms with Crippen LogP contribution in [0.3, 0.4) is 0 Å². The molecule has 1 aromatic rings. The molecule has 1 aliphatic carbocycles. The molecule has 1 aliphatic rings. The fourth-order valence-corrected chi connectivity index (χ4v) is 3.04. The minimum atomic E-state index is 0.0750. The maximum absolute atomic E-state index is 5.95. The number of nitrogens with two attached hydrogens (primary N) is 1.